The van der Waals surface area contributed by atoms with Crippen LogP contribution in [0.1, 0.15) is 44.9 Å². The molecule has 0 aromatic carbocycles. The van der Waals surface area contributed by atoms with Crippen molar-refractivity contribution in [2.24, 2.45) is 0 Å². The summed E-state index contributed by atoms with van der Waals surface area (Å²) in [5.74, 6) is -13.1. The van der Waals surface area contributed by atoms with Gasteiger partial charge in [0.05, 0.1) is 19.3 Å². The number of nitrogens with zero attached hydrogens (tertiary/aromatic N) is 2. The first-order chi connectivity index (χ1) is 16.2. The van der Waals surface area contributed by atoms with E-state index in [1.54, 1.807) is 0 Å². The number of hydroxylamine groups is 6. The molecule has 2 heterocycles. The van der Waals surface area contributed by atoms with Crippen LogP contribution in [0.5, 0.6) is 0 Å². The lowest BCUT2D eigenvalue weighted by Gasteiger charge is -2.45. The summed E-state index contributed by atoms with van der Waals surface area (Å²) in [7, 11) is -11.0. The van der Waals surface area contributed by atoms with Gasteiger partial charge in [-0.3, -0.25) is 9.11 Å². The number of carbonyl (C=O) groups is 6. The molecule has 20 heteroatoms. The van der Waals surface area contributed by atoms with Gasteiger partial charge in [0.15, 0.2) is 5.97 Å². The molecule has 0 spiro atoms. The molecule has 4 unspecified atom stereocenters. The Hall–Kier alpha value is -2.72. The van der Waals surface area contributed by atoms with E-state index in [0.717, 1.165) is 0 Å². The van der Waals surface area contributed by atoms with Crippen molar-refractivity contribution in [2.45, 2.75) is 61.1 Å². The highest BCUT2D eigenvalue weighted by atomic mass is 32.2. The number of hydrogen-bond acceptors (Lipinski definition) is 14. The number of aliphatic carboxylic acids is 2. The summed E-state index contributed by atoms with van der Waals surface area (Å²) in [6, 6.07) is 0. The summed E-state index contributed by atoms with van der Waals surface area (Å²) in [5, 5.41) is 39.6. The maximum atomic E-state index is 12.9. The number of quaternary nitrogens is 2. The molecule has 0 radical (unpaired) electrons. The minimum absolute atomic E-state index is 0.257. The topological polar surface area (TPSA) is 298 Å². The quantitative estimate of drug-likeness (QED) is 0.0604. The molecule has 4 N–H and O–H groups in total. The number of likely N-dealkylation sites (tertiary alicyclic amines) is 2. The van der Waals surface area contributed by atoms with Crippen molar-refractivity contribution in [3.8, 4) is 0 Å². The smallest absolute Gasteiger partial charge is 0.380 e. The van der Waals surface area contributed by atoms with Crippen LogP contribution in [-0.4, -0.2) is 97.4 Å². The Bertz CT molecular complexity index is 1180. The number of carboxylic acid groups (broad SMARTS) is 2. The molecule has 202 valence electrons. The van der Waals surface area contributed by atoms with Gasteiger partial charge in [0, 0.05) is 15.3 Å². The first-order valence-electron chi connectivity index (χ1n) is 9.94. The van der Waals surface area contributed by atoms with Crippen LogP contribution in [0.3, 0.4) is 0 Å². The molecule has 0 saturated carbocycles. The third-order valence-electron chi connectivity index (χ3n) is 6.15. The highest BCUT2D eigenvalue weighted by Gasteiger charge is 2.85. The van der Waals surface area contributed by atoms with Gasteiger partial charge < -0.3 is 19.8 Å². The second kappa shape index (κ2) is 9.30. The highest BCUT2D eigenvalue weighted by molar-refractivity contribution is 7.87. The van der Waals surface area contributed by atoms with E-state index in [4.69, 9.17) is 0 Å². The Morgan fingerprint density at radius 3 is 1.47 bits per heavy atom. The molecule has 0 aliphatic carbocycles. The second-order valence-electron chi connectivity index (χ2n) is 8.19. The first kappa shape index (κ1) is 29.5. The number of imide groups is 2. The standard InChI is InChI=1S/C16H20N2O16S2/c19-10-6-8(35(29,30)31)13(23)17(10,27)16(15(25)26,5-3-1-2-4-12(21)22)18(28)11(20)7-9(14(18)24)36(32,33)34/h8-9,27-28H,1-7H2,(H2-2,21,22,25,26,29,30,31,32,33,34). The molecule has 0 bridgehead atoms. The van der Waals surface area contributed by atoms with Gasteiger partial charge in [0.25, 0.3) is 20.2 Å². The van der Waals surface area contributed by atoms with Gasteiger partial charge in [0.2, 0.25) is 10.5 Å². The molecule has 2 aliphatic heterocycles. The molecule has 2 rings (SSSR count). The zero-order valence-corrected chi connectivity index (χ0v) is 19.6. The predicted molar refractivity (Wildman–Crippen MR) is 99.9 cm³/mol. The van der Waals surface area contributed by atoms with E-state index in [2.05, 4.69) is 0 Å². The number of unbranched alkanes of at least 4 members (excludes halogenated alkanes) is 2. The maximum absolute atomic E-state index is 12.9. The second-order valence-corrected chi connectivity index (χ2v) is 11.4. The first-order valence-corrected chi connectivity index (χ1v) is 12.9. The molecule has 0 aromatic rings. The van der Waals surface area contributed by atoms with Crippen LogP contribution in [0.4, 0.5) is 0 Å². The molecular formula is C16H20N2O16S2. The van der Waals surface area contributed by atoms with Crippen molar-refractivity contribution >= 4 is 55.8 Å². The Kier molecular flexibility index (Phi) is 7.62. The average molecular weight is 560 g/mol. The van der Waals surface area contributed by atoms with Crippen molar-refractivity contribution in [3.05, 3.63) is 0 Å². The van der Waals surface area contributed by atoms with E-state index < -0.39 is 113 Å². The predicted octanol–water partition coefficient (Wildman–Crippen LogP) is -5.03. The molecule has 2 saturated heterocycles. The zero-order chi connectivity index (χ0) is 28.1. The summed E-state index contributed by atoms with van der Waals surface area (Å²) in [5.41, 5.74) is -4.16. The average Bonchev–Trinajstić information content (AvgIpc) is 3.10. The fraction of sp³-hybridized carbons (Fsp3) is 0.625. The van der Waals surface area contributed by atoms with E-state index in [0.29, 0.717) is 0 Å². The Labute approximate surface area is 201 Å². The molecule has 2 fully saturated rings. The van der Waals surface area contributed by atoms with Gasteiger partial charge >= 0.3 is 29.3 Å². The Morgan fingerprint density at radius 1 is 0.806 bits per heavy atom. The maximum Gasteiger partial charge on any atom is 0.380 e. The van der Waals surface area contributed by atoms with Gasteiger partial charge in [-0.1, -0.05) is 6.42 Å². The van der Waals surface area contributed by atoms with Crippen LogP contribution >= 0.6 is 0 Å². The highest BCUT2D eigenvalue weighted by Crippen LogP contribution is 2.46. The van der Waals surface area contributed by atoms with Crippen molar-refractivity contribution < 1.29 is 84.6 Å². The van der Waals surface area contributed by atoms with Crippen molar-refractivity contribution in [1.29, 1.82) is 0 Å². The molecule has 4 atom stereocenters. The lowest BCUT2D eigenvalue weighted by Crippen LogP contribution is -2.86. The van der Waals surface area contributed by atoms with E-state index in [-0.39, 0.29) is 12.8 Å². The summed E-state index contributed by atoms with van der Waals surface area (Å²) < 4.78 is 58.2. The van der Waals surface area contributed by atoms with Crippen molar-refractivity contribution in [2.75, 3.05) is 0 Å². The van der Waals surface area contributed by atoms with Crippen LogP contribution in [0.25, 0.3) is 0 Å². The summed E-state index contributed by atoms with van der Waals surface area (Å²) in [6.07, 6.45) is -6.47. The van der Waals surface area contributed by atoms with Gasteiger partial charge in [-0.25, -0.2) is 19.2 Å². The molecule has 2 aliphatic rings. The van der Waals surface area contributed by atoms with Crippen molar-refractivity contribution in [1.82, 2.24) is 0 Å². The van der Waals surface area contributed by atoms with Crippen LogP contribution in [0.15, 0.2) is 0 Å². The molecule has 18 nitrogen and oxygen atoms in total. The largest absolute Gasteiger partial charge is 0.550 e. The van der Waals surface area contributed by atoms with Crippen LogP contribution in [0.2, 0.25) is 0 Å². The lowest BCUT2D eigenvalue weighted by atomic mass is 9.95. The third kappa shape index (κ3) is 4.24. The fourth-order valence-electron chi connectivity index (χ4n) is 4.38. The lowest BCUT2D eigenvalue weighted by molar-refractivity contribution is -1.18. The van der Waals surface area contributed by atoms with Crippen LogP contribution in [-0.2, 0) is 49.0 Å². The SMILES string of the molecule is O=C([O-])CCCCCC(C(=O)[O-])([N+]1(O)C(=O)CC(S(=O)(=O)O)C1=O)[N+]1(O)C(=O)CC(S(=O)(=O)O)C1=O. The zero-order valence-electron chi connectivity index (χ0n) is 18.0. The number of hydrogen-bond donors (Lipinski definition) is 4. The number of carboxylic acids is 2. The van der Waals surface area contributed by atoms with Gasteiger partial charge in [-0.05, 0) is 19.3 Å². The summed E-state index contributed by atoms with van der Waals surface area (Å²) in [4.78, 5) is 74.3. The number of carbonyl (C=O) groups excluding carboxylic acids is 6. The van der Waals surface area contributed by atoms with E-state index in [9.17, 15) is 75.3 Å². The molecule has 4 amide bonds. The molecular weight excluding hydrogens is 540 g/mol. The Balaban J connectivity index is 2.82. The molecule has 0 aromatic heterocycles. The van der Waals surface area contributed by atoms with E-state index >= 15 is 0 Å². The van der Waals surface area contributed by atoms with E-state index in [1.807, 2.05) is 0 Å². The minimum atomic E-state index is -5.51. The van der Waals surface area contributed by atoms with Gasteiger partial charge in [-0.2, -0.15) is 27.3 Å². The van der Waals surface area contributed by atoms with Gasteiger partial charge in [-0.15, -0.1) is 0 Å². The monoisotopic (exact) mass is 560 g/mol. The summed E-state index contributed by atoms with van der Waals surface area (Å²) >= 11 is 0. The summed E-state index contributed by atoms with van der Waals surface area (Å²) in [6.45, 7) is 0. The Morgan fingerprint density at radius 2 is 1.19 bits per heavy atom. The molecule has 36 heavy (non-hydrogen) atoms. The fourth-order valence-corrected chi connectivity index (χ4v) is 5.90. The van der Waals surface area contributed by atoms with Gasteiger partial charge in [0.1, 0.15) is 0 Å². The van der Waals surface area contributed by atoms with Crippen molar-refractivity contribution in [3.63, 3.8) is 0 Å². The minimum Gasteiger partial charge on any atom is -0.550 e. The number of rotatable bonds is 11. The van der Waals surface area contributed by atoms with Crippen LogP contribution < -0.4 is 10.2 Å². The third-order valence-corrected chi connectivity index (χ3v) is 8.33. The van der Waals surface area contributed by atoms with Crippen LogP contribution in [0, 0.1) is 0 Å². The number of amides is 4. The normalized spacial score (nSPS) is 31.0. The van der Waals surface area contributed by atoms with E-state index in [1.165, 1.54) is 0 Å².